The highest BCUT2D eigenvalue weighted by Crippen LogP contribution is 2.34. The van der Waals surface area contributed by atoms with E-state index in [1.807, 2.05) is 12.2 Å². The Morgan fingerprint density at radius 1 is 1.14 bits per heavy atom. The molecule has 8 heteroatoms. The van der Waals surface area contributed by atoms with Crippen LogP contribution in [0, 0.1) is 11.8 Å². The Morgan fingerprint density at radius 2 is 1.76 bits per heavy atom. The number of benzene rings is 1. The Balaban J connectivity index is 1.56. The summed E-state index contributed by atoms with van der Waals surface area (Å²) in [5.74, 6) is -3.16. The minimum atomic E-state index is -1.14. The van der Waals surface area contributed by atoms with Crippen molar-refractivity contribution in [3.63, 3.8) is 0 Å². The number of ether oxygens (including phenoxy) is 1. The van der Waals surface area contributed by atoms with Crippen LogP contribution < -0.4 is 5.32 Å². The molecule has 1 aliphatic carbocycles. The lowest BCUT2D eigenvalue weighted by Crippen LogP contribution is -2.39. The fraction of sp³-hybridized carbons (Fsp3) is 0.381. The largest absolute Gasteiger partial charge is 0.451 e. The van der Waals surface area contributed by atoms with Crippen LogP contribution in [0.5, 0.6) is 0 Å². The minimum Gasteiger partial charge on any atom is -0.451 e. The van der Waals surface area contributed by atoms with Crippen molar-refractivity contribution in [1.29, 1.82) is 0 Å². The third-order valence-corrected chi connectivity index (χ3v) is 5.10. The highest BCUT2D eigenvalue weighted by Gasteiger charge is 2.47. The molecule has 29 heavy (non-hydrogen) atoms. The molecule has 1 N–H and O–H groups in total. The highest BCUT2D eigenvalue weighted by molar-refractivity contribution is 6.07. The summed E-state index contributed by atoms with van der Waals surface area (Å²) in [5, 5.41) is 2.57. The van der Waals surface area contributed by atoms with Crippen molar-refractivity contribution in [2.75, 3.05) is 11.9 Å². The van der Waals surface area contributed by atoms with Gasteiger partial charge in [-0.25, -0.2) is 0 Å². The lowest BCUT2D eigenvalue weighted by Gasteiger charge is -2.17. The molecule has 3 amide bonds. The van der Waals surface area contributed by atoms with Crippen LogP contribution >= 0.6 is 0 Å². The van der Waals surface area contributed by atoms with Gasteiger partial charge in [0.2, 0.25) is 11.8 Å². The predicted molar refractivity (Wildman–Crippen MR) is 103 cm³/mol. The van der Waals surface area contributed by atoms with E-state index in [1.165, 1.54) is 19.9 Å². The molecule has 1 aromatic rings. The summed E-state index contributed by atoms with van der Waals surface area (Å²) in [7, 11) is 0. The van der Waals surface area contributed by atoms with E-state index >= 15 is 0 Å². The first kappa shape index (κ1) is 20.4. The monoisotopic (exact) mass is 398 g/mol. The number of imide groups is 1. The van der Waals surface area contributed by atoms with Crippen LogP contribution in [0.25, 0.3) is 0 Å². The van der Waals surface area contributed by atoms with E-state index in [9.17, 15) is 24.0 Å². The molecule has 1 heterocycles. The van der Waals surface area contributed by atoms with Gasteiger partial charge >= 0.3 is 5.97 Å². The molecule has 3 rings (SSSR count). The number of carbonyl (C=O) groups excluding carboxylic acids is 5. The molecular formula is C21H22N2O6. The number of anilines is 1. The number of hydrogen-bond donors (Lipinski definition) is 1. The van der Waals surface area contributed by atoms with Gasteiger partial charge in [0.1, 0.15) is 6.54 Å². The number of hydrogen-bond acceptors (Lipinski definition) is 6. The molecule has 1 aromatic carbocycles. The van der Waals surface area contributed by atoms with Crippen molar-refractivity contribution in [3.8, 4) is 0 Å². The summed E-state index contributed by atoms with van der Waals surface area (Å²) in [6, 6.07) is 6.38. The van der Waals surface area contributed by atoms with Gasteiger partial charge in [0.05, 0.1) is 11.8 Å². The number of nitrogens with one attached hydrogen (secondary N) is 1. The summed E-state index contributed by atoms with van der Waals surface area (Å²) in [4.78, 5) is 61.6. The zero-order chi connectivity index (χ0) is 21.1. The Labute approximate surface area is 167 Å². The molecule has 1 fully saturated rings. The Kier molecular flexibility index (Phi) is 5.91. The molecule has 152 valence electrons. The molecule has 8 nitrogen and oxygen atoms in total. The first-order valence-electron chi connectivity index (χ1n) is 9.39. The lowest BCUT2D eigenvalue weighted by atomic mass is 9.85. The number of fused-ring (bicyclic) bond motifs is 1. The van der Waals surface area contributed by atoms with Crippen molar-refractivity contribution in [2.24, 2.45) is 11.8 Å². The molecule has 0 bridgehead atoms. The third kappa shape index (κ3) is 4.42. The Morgan fingerprint density at radius 3 is 2.34 bits per heavy atom. The highest BCUT2D eigenvalue weighted by atomic mass is 16.5. The number of esters is 1. The van der Waals surface area contributed by atoms with Gasteiger partial charge in [0.25, 0.3) is 5.91 Å². The first-order valence-corrected chi connectivity index (χ1v) is 9.39. The van der Waals surface area contributed by atoms with Crippen LogP contribution in [0.4, 0.5) is 5.69 Å². The molecule has 0 unspecified atom stereocenters. The van der Waals surface area contributed by atoms with Crippen LogP contribution in [0.15, 0.2) is 36.4 Å². The minimum absolute atomic E-state index is 0.142. The maximum atomic E-state index is 12.4. The smallest absolute Gasteiger partial charge is 0.326 e. The van der Waals surface area contributed by atoms with Crippen LogP contribution in [0.2, 0.25) is 0 Å². The summed E-state index contributed by atoms with van der Waals surface area (Å²) in [5.41, 5.74) is 0.835. The molecule has 3 atom stereocenters. The topological polar surface area (TPSA) is 110 Å². The Bertz CT molecular complexity index is 880. The van der Waals surface area contributed by atoms with E-state index in [0.29, 0.717) is 24.1 Å². The summed E-state index contributed by atoms with van der Waals surface area (Å²) >= 11 is 0. The number of ketones is 1. The van der Waals surface area contributed by atoms with E-state index in [1.54, 1.807) is 18.2 Å². The van der Waals surface area contributed by atoms with Gasteiger partial charge in [-0.15, -0.1) is 0 Å². The third-order valence-electron chi connectivity index (χ3n) is 5.10. The normalized spacial score (nSPS) is 21.5. The number of likely N-dealkylation sites (tertiary alicyclic amines) is 1. The summed E-state index contributed by atoms with van der Waals surface area (Å²) < 4.78 is 5.09. The second-order valence-electron chi connectivity index (χ2n) is 7.18. The van der Waals surface area contributed by atoms with E-state index in [0.717, 1.165) is 4.90 Å². The maximum absolute atomic E-state index is 12.4. The summed E-state index contributed by atoms with van der Waals surface area (Å²) in [6.07, 6.45) is 3.56. The number of rotatable bonds is 6. The first-order chi connectivity index (χ1) is 13.8. The standard InChI is InChI=1S/C21H22N2O6/c1-12(24)14-6-5-7-15(10-14)22-19(26)13(2)29-18(25)11-23-20(27)16-8-3-4-9-17(16)21(23)28/h3-7,10,13,16-17H,8-9,11H2,1-2H3,(H,22,26)/t13-,16-,17-/m0/s1. The average molecular weight is 398 g/mol. The van der Waals surface area contributed by atoms with Gasteiger partial charge in [-0.3, -0.25) is 28.9 Å². The molecular weight excluding hydrogens is 376 g/mol. The summed E-state index contributed by atoms with van der Waals surface area (Å²) in [6.45, 7) is 2.29. The van der Waals surface area contributed by atoms with Crippen molar-refractivity contribution in [3.05, 3.63) is 42.0 Å². The van der Waals surface area contributed by atoms with Gasteiger partial charge in [-0.1, -0.05) is 24.3 Å². The van der Waals surface area contributed by atoms with Crippen molar-refractivity contribution < 1.29 is 28.7 Å². The fourth-order valence-electron chi connectivity index (χ4n) is 3.50. The number of nitrogens with zero attached hydrogens (tertiary/aromatic N) is 1. The quantitative estimate of drug-likeness (QED) is 0.338. The molecule has 0 aromatic heterocycles. The predicted octanol–water partition coefficient (Wildman–Crippen LogP) is 1.71. The van der Waals surface area contributed by atoms with E-state index in [4.69, 9.17) is 4.74 Å². The molecule has 2 aliphatic rings. The zero-order valence-corrected chi connectivity index (χ0v) is 16.2. The average Bonchev–Trinajstić information content (AvgIpc) is 2.93. The molecule has 0 spiro atoms. The van der Waals surface area contributed by atoms with Crippen LogP contribution in [-0.2, 0) is 23.9 Å². The van der Waals surface area contributed by atoms with Gasteiger partial charge in [-0.2, -0.15) is 0 Å². The van der Waals surface area contributed by atoms with Gasteiger partial charge in [0, 0.05) is 11.3 Å². The van der Waals surface area contributed by atoms with Gasteiger partial charge in [0.15, 0.2) is 11.9 Å². The van der Waals surface area contributed by atoms with Gasteiger partial charge in [-0.05, 0) is 38.8 Å². The molecule has 0 radical (unpaired) electrons. The van der Waals surface area contributed by atoms with Crippen LogP contribution in [0.3, 0.4) is 0 Å². The number of Topliss-reactive ketones (excluding diaryl/α,β-unsaturated/α-hetero) is 1. The van der Waals surface area contributed by atoms with Crippen LogP contribution in [-0.4, -0.2) is 47.0 Å². The Hall–Kier alpha value is -3.29. The zero-order valence-electron chi connectivity index (χ0n) is 16.2. The maximum Gasteiger partial charge on any atom is 0.326 e. The second-order valence-corrected chi connectivity index (χ2v) is 7.18. The number of carbonyl (C=O) groups is 5. The van der Waals surface area contributed by atoms with E-state index in [-0.39, 0.29) is 17.6 Å². The lowest BCUT2D eigenvalue weighted by molar-refractivity contribution is -0.158. The number of allylic oxidation sites excluding steroid dienone is 2. The van der Waals surface area contributed by atoms with E-state index < -0.39 is 36.4 Å². The van der Waals surface area contributed by atoms with Gasteiger partial charge < -0.3 is 10.1 Å². The van der Waals surface area contributed by atoms with Crippen molar-refractivity contribution in [1.82, 2.24) is 4.90 Å². The van der Waals surface area contributed by atoms with Crippen LogP contribution in [0.1, 0.15) is 37.0 Å². The van der Waals surface area contributed by atoms with Crippen molar-refractivity contribution >= 4 is 35.2 Å². The molecule has 1 saturated heterocycles. The van der Waals surface area contributed by atoms with Crippen molar-refractivity contribution in [2.45, 2.75) is 32.8 Å². The molecule has 0 saturated carbocycles. The van der Waals surface area contributed by atoms with E-state index in [2.05, 4.69) is 5.32 Å². The number of amides is 3. The fourth-order valence-corrected chi connectivity index (χ4v) is 3.50. The SMILES string of the molecule is CC(=O)c1cccc(NC(=O)[C@H](C)OC(=O)CN2C(=O)[C@H]3CC=CC[C@@H]3C2=O)c1. The second kappa shape index (κ2) is 8.38. The molecule has 1 aliphatic heterocycles.